The number of hydrogen-bond acceptors (Lipinski definition) is 4. The molecular formula is C32H44N8NiS2+2. The Morgan fingerprint density at radius 3 is 1.23 bits per heavy atom. The zero-order valence-electron chi connectivity index (χ0n) is 25.2. The fraction of sp³-hybridized carbons (Fsp3) is 0.562. The second-order valence-corrected chi connectivity index (χ2v) is 13.0. The van der Waals surface area contributed by atoms with Crippen molar-refractivity contribution in [3.05, 3.63) is 71.0 Å². The summed E-state index contributed by atoms with van der Waals surface area (Å²) in [5.41, 5.74) is 12.0. The molecule has 2 aromatic heterocycles. The molecule has 6 heterocycles. The summed E-state index contributed by atoms with van der Waals surface area (Å²) in [6.45, 7) is 8.18. The molecule has 0 aromatic carbocycles. The molecule has 6 fully saturated rings. The molecule has 232 valence electrons. The summed E-state index contributed by atoms with van der Waals surface area (Å²) in [4.78, 5) is 13.2. The van der Waals surface area contributed by atoms with E-state index in [2.05, 4.69) is 65.3 Å². The summed E-state index contributed by atoms with van der Waals surface area (Å²) < 4.78 is 0. The minimum Gasteiger partial charge on any atom is -0.515 e. The molecule has 4 aliphatic heterocycles. The molecule has 43 heavy (non-hydrogen) atoms. The van der Waals surface area contributed by atoms with Crippen molar-refractivity contribution in [1.82, 2.24) is 19.8 Å². The van der Waals surface area contributed by atoms with Crippen LogP contribution < -0.4 is 0 Å². The second-order valence-electron chi connectivity index (χ2n) is 12.2. The fourth-order valence-corrected chi connectivity index (χ4v) is 6.95. The van der Waals surface area contributed by atoms with Crippen molar-refractivity contribution in [2.24, 2.45) is 33.9 Å². The molecule has 0 unspecified atom stereocenters. The van der Waals surface area contributed by atoms with E-state index in [0.29, 0.717) is 0 Å². The van der Waals surface area contributed by atoms with Gasteiger partial charge in [-0.25, -0.2) is 9.80 Å². The van der Waals surface area contributed by atoms with Crippen molar-refractivity contribution in [3.63, 3.8) is 0 Å². The first-order valence-corrected chi connectivity index (χ1v) is 16.3. The van der Waals surface area contributed by atoms with E-state index in [1.165, 1.54) is 51.4 Å². The molecule has 0 spiro atoms. The number of fused-ring (bicyclic) bond motifs is 8. The van der Waals surface area contributed by atoms with Crippen molar-refractivity contribution in [1.29, 1.82) is 0 Å². The summed E-state index contributed by atoms with van der Waals surface area (Å²) in [5, 5.41) is 10.1. The van der Waals surface area contributed by atoms with Gasteiger partial charge in [0.05, 0.1) is 11.4 Å². The monoisotopic (exact) mass is 662 g/mol. The van der Waals surface area contributed by atoms with Crippen LogP contribution in [0.3, 0.4) is 0 Å². The first-order chi connectivity index (χ1) is 20.4. The van der Waals surface area contributed by atoms with Crippen LogP contribution in [0.5, 0.6) is 0 Å². The van der Waals surface area contributed by atoms with Gasteiger partial charge in [0.25, 0.3) is 0 Å². The van der Waals surface area contributed by atoms with E-state index in [1.54, 1.807) is 12.4 Å². The van der Waals surface area contributed by atoms with Crippen LogP contribution in [0.2, 0.25) is 0 Å². The molecule has 2 aromatic rings. The molecule has 6 aliphatic rings. The molecule has 0 amide bonds. The number of rotatable bonds is 4. The van der Waals surface area contributed by atoms with E-state index in [4.69, 9.17) is 0 Å². The summed E-state index contributed by atoms with van der Waals surface area (Å²) in [5.74, 6) is 3.23. The Balaban J connectivity index is 0.000000192. The van der Waals surface area contributed by atoms with Gasteiger partial charge >= 0.3 is 16.5 Å². The number of pyridine rings is 2. The van der Waals surface area contributed by atoms with Crippen LogP contribution in [0.25, 0.3) is 10.9 Å². The van der Waals surface area contributed by atoms with Crippen molar-refractivity contribution >= 4 is 46.1 Å². The van der Waals surface area contributed by atoms with Crippen LogP contribution in [0.15, 0.2) is 59.0 Å². The smallest absolute Gasteiger partial charge is 0.515 e. The van der Waals surface area contributed by atoms with E-state index in [0.717, 1.165) is 82.9 Å². The van der Waals surface area contributed by atoms with Crippen molar-refractivity contribution < 1.29 is 16.5 Å². The molecule has 0 atom stereocenters. The number of nitrogens with zero attached hydrogens (tertiary/aromatic N) is 8. The third-order valence-electron chi connectivity index (χ3n) is 9.06. The Hall–Kier alpha value is -2.17. The van der Waals surface area contributed by atoms with Crippen LogP contribution >= 0.6 is 0 Å². The Morgan fingerprint density at radius 2 is 0.953 bits per heavy atom. The molecule has 11 heteroatoms. The van der Waals surface area contributed by atoms with Crippen LogP contribution in [0, 0.1) is 23.7 Å². The Kier molecular flexibility index (Phi) is 13.2. The minimum absolute atomic E-state index is 0. The standard InChI is InChI=1S/2C16H22N4S.Ni/c2*1-12(15-4-2-3-9-17-15)18-19-16(21)20-10-13-5-6-14(11-20)8-7-13;/h2*2-4,9,13-14H,5-8,10-11H2,1H3,(H,17,19,21);/q;;+2. The van der Waals surface area contributed by atoms with Gasteiger partial charge in [-0.2, -0.15) is 0 Å². The van der Waals surface area contributed by atoms with E-state index >= 15 is 0 Å². The normalized spacial score (nSPS) is 25.8. The zero-order chi connectivity index (χ0) is 29.3. The predicted octanol–water partition coefficient (Wildman–Crippen LogP) is 5.33. The third-order valence-corrected chi connectivity index (χ3v) is 9.81. The maximum atomic E-state index is 4.57. The molecular weight excluding hydrogens is 619 g/mol. The maximum absolute atomic E-state index is 4.57. The second kappa shape index (κ2) is 16.8. The average Bonchev–Trinajstić information content (AvgIpc) is 3.56. The van der Waals surface area contributed by atoms with Crippen molar-refractivity contribution in [2.45, 2.75) is 65.2 Å². The zero-order valence-corrected chi connectivity index (χ0v) is 28.0. The predicted molar refractivity (Wildman–Crippen MR) is 181 cm³/mol. The summed E-state index contributed by atoms with van der Waals surface area (Å²) in [6, 6.07) is 11.6. The molecule has 8 nitrogen and oxygen atoms in total. The van der Waals surface area contributed by atoms with E-state index < -0.39 is 0 Å². The van der Waals surface area contributed by atoms with Gasteiger partial charge in [0.1, 0.15) is 0 Å². The van der Waals surface area contributed by atoms with Crippen LogP contribution in [0.1, 0.15) is 76.6 Å². The van der Waals surface area contributed by atoms with Gasteiger partial charge in [0.2, 0.25) is 0 Å². The van der Waals surface area contributed by atoms with Gasteiger partial charge in [-0.05, 0) is 113 Å². The SMILES string of the molecule is CC(=N[N-]C(=[SH+])N1CC2CCC(CC2)C1)c1ccccn1.CC(=N[N-]C(=[SH+])N1CC2CCC(CC2)C1)c1ccccn1.[Ni+2]. The first-order valence-electron chi connectivity index (χ1n) is 15.4. The molecule has 0 radical (unpaired) electrons. The summed E-state index contributed by atoms with van der Waals surface area (Å²) in [6.07, 6.45) is 14.4. The van der Waals surface area contributed by atoms with E-state index in [9.17, 15) is 0 Å². The Morgan fingerprint density at radius 1 is 0.628 bits per heavy atom. The third kappa shape index (κ3) is 9.91. The quantitative estimate of drug-likeness (QED) is 0.111. The Bertz CT molecular complexity index is 1120. The fourth-order valence-electron chi connectivity index (χ4n) is 6.54. The summed E-state index contributed by atoms with van der Waals surface area (Å²) in [7, 11) is 0. The van der Waals surface area contributed by atoms with Crippen molar-refractivity contribution in [3.8, 4) is 0 Å². The summed E-state index contributed by atoms with van der Waals surface area (Å²) >= 11 is 9.13. The molecule has 4 bridgehead atoms. The largest absolute Gasteiger partial charge is 2.00 e. The average molecular weight is 664 g/mol. The van der Waals surface area contributed by atoms with Gasteiger partial charge in [-0.3, -0.25) is 9.97 Å². The van der Waals surface area contributed by atoms with Gasteiger partial charge < -0.3 is 21.1 Å². The van der Waals surface area contributed by atoms with Gasteiger partial charge in [0, 0.05) is 50.0 Å². The van der Waals surface area contributed by atoms with Gasteiger partial charge in [-0.15, -0.1) is 0 Å². The Labute approximate surface area is 277 Å². The first kappa shape index (κ1) is 33.7. The topological polar surface area (TPSA) is 85.2 Å². The number of aromatic nitrogens is 2. The molecule has 4 saturated heterocycles. The van der Waals surface area contributed by atoms with Crippen LogP contribution in [0.4, 0.5) is 0 Å². The molecule has 2 aliphatic carbocycles. The molecule has 0 N–H and O–H groups in total. The minimum atomic E-state index is 0. The van der Waals surface area contributed by atoms with Gasteiger partial charge in [-0.1, -0.05) is 12.1 Å². The number of thiol groups is 2. The number of hydrogen-bond donors (Lipinski definition) is 0. The van der Waals surface area contributed by atoms with Crippen molar-refractivity contribution in [2.75, 3.05) is 26.2 Å². The van der Waals surface area contributed by atoms with Crippen LogP contribution in [-0.4, -0.2) is 67.6 Å². The van der Waals surface area contributed by atoms with Crippen LogP contribution in [-0.2, 0) is 40.9 Å². The van der Waals surface area contributed by atoms with E-state index in [-0.39, 0.29) is 16.5 Å². The molecule has 2 saturated carbocycles. The molecule has 8 rings (SSSR count). The maximum Gasteiger partial charge on any atom is 2.00 e. The van der Waals surface area contributed by atoms with Gasteiger partial charge in [0.15, 0.2) is 34.7 Å². The van der Waals surface area contributed by atoms with E-state index in [1.807, 2.05) is 50.2 Å².